The van der Waals surface area contributed by atoms with E-state index in [1.807, 2.05) is 13.8 Å². The number of halogens is 4. The summed E-state index contributed by atoms with van der Waals surface area (Å²) in [5.74, 6) is 0. The lowest BCUT2D eigenvalue weighted by atomic mass is 10.3. The summed E-state index contributed by atoms with van der Waals surface area (Å²) in [5, 5.41) is 0. The molecule has 16 heavy (non-hydrogen) atoms. The summed E-state index contributed by atoms with van der Waals surface area (Å²) in [6, 6.07) is 0. The summed E-state index contributed by atoms with van der Waals surface area (Å²) >= 11 is 0. The number of rotatable bonds is 4. The first-order valence-corrected chi connectivity index (χ1v) is 4.74. The quantitative estimate of drug-likeness (QED) is 0.329. The van der Waals surface area contributed by atoms with Crippen LogP contribution in [0.25, 0.3) is 0 Å². The van der Waals surface area contributed by atoms with Crippen molar-refractivity contribution in [2.75, 3.05) is 28.3 Å². The lowest BCUT2D eigenvalue weighted by Gasteiger charge is -2.32. The lowest BCUT2D eigenvalue weighted by Crippen LogP contribution is -2.46. The highest BCUT2D eigenvalue weighted by atomic mass is 19.5. The normalized spacial score (nSPS) is 16.1. The predicted octanol–water partition coefficient (Wildman–Crippen LogP) is 2.35. The molecular formula is C8H20BF4NO2. The molecule has 0 rings (SSSR count). The minimum atomic E-state index is -6.00. The lowest BCUT2D eigenvalue weighted by molar-refractivity contribution is -0.919. The fraction of sp³-hybridized carbons (Fsp3) is 1.00. The molecule has 2 atom stereocenters. The topological polar surface area (TPSA) is 18.5 Å². The van der Waals surface area contributed by atoms with Gasteiger partial charge in [0.1, 0.15) is 0 Å². The van der Waals surface area contributed by atoms with Crippen LogP contribution < -0.4 is 0 Å². The number of hydrogen-bond donors (Lipinski definition) is 0. The van der Waals surface area contributed by atoms with Gasteiger partial charge in [0, 0.05) is 14.0 Å². The first kappa shape index (κ1) is 18.0. The van der Waals surface area contributed by atoms with Crippen molar-refractivity contribution >= 4 is 7.25 Å². The molecule has 0 aromatic rings. The Morgan fingerprint density at radius 2 is 1.31 bits per heavy atom. The van der Waals surface area contributed by atoms with Gasteiger partial charge in [0.2, 0.25) is 0 Å². The summed E-state index contributed by atoms with van der Waals surface area (Å²) in [6.45, 7) is 3.93. The maximum atomic E-state index is 9.75. The second-order valence-corrected chi connectivity index (χ2v) is 4.15. The molecule has 0 heterocycles. The zero-order valence-electron chi connectivity index (χ0n) is 10.5. The van der Waals surface area contributed by atoms with Crippen molar-refractivity contribution in [2.24, 2.45) is 0 Å². The molecule has 0 aliphatic carbocycles. The van der Waals surface area contributed by atoms with Crippen LogP contribution in [0.15, 0.2) is 0 Å². The third-order valence-corrected chi connectivity index (χ3v) is 1.81. The Balaban J connectivity index is 0. The monoisotopic (exact) mass is 249 g/mol. The molecule has 0 bridgehead atoms. The molecule has 0 spiro atoms. The summed E-state index contributed by atoms with van der Waals surface area (Å²) in [7, 11) is 1.92. The predicted molar refractivity (Wildman–Crippen MR) is 55.2 cm³/mol. The van der Waals surface area contributed by atoms with E-state index < -0.39 is 7.25 Å². The van der Waals surface area contributed by atoms with Gasteiger partial charge in [-0.3, -0.25) is 0 Å². The molecule has 0 saturated heterocycles. The van der Waals surface area contributed by atoms with Gasteiger partial charge in [-0.25, -0.2) is 0 Å². The molecule has 0 aliphatic heterocycles. The molecular weight excluding hydrogens is 229 g/mol. The van der Waals surface area contributed by atoms with E-state index in [1.54, 1.807) is 7.11 Å². The largest absolute Gasteiger partial charge is 0.673 e. The Morgan fingerprint density at radius 1 is 1.00 bits per heavy atom. The van der Waals surface area contributed by atoms with Crippen molar-refractivity contribution in [1.82, 2.24) is 0 Å². The van der Waals surface area contributed by atoms with E-state index in [1.165, 1.54) is 0 Å². The van der Waals surface area contributed by atoms with E-state index in [-0.39, 0.29) is 12.5 Å². The minimum absolute atomic E-state index is 0.123. The number of nitrogens with zero attached hydrogens (tertiary/aromatic N) is 1. The molecule has 0 aliphatic rings. The van der Waals surface area contributed by atoms with Crippen LogP contribution in [0.2, 0.25) is 0 Å². The van der Waals surface area contributed by atoms with Crippen molar-refractivity contribution in [3.8, 4) is 0 Å². The van der Waals surface area contributed by atoms with Gasteiger partial charge >= 0.3 is 7.25 Å². The van der Waals surface area contributed by atoms with Crippen molar-refractivity contribution in [1.29, 1.82) is 0 Å². The SMILES string of the molecule is COC(C)OC(C)[N+](C)(C)C.F[B-](F)(F)F. The van der Waals surface area contributed by atoms with Crippen LogP contribution in [0.3, 0.4) is 0 Å². The van der Waals surface area contributed by atoms with E-state index in [0.29, 0.717) is 0 Å². The first-order valence-electron chi connectivity index (χ1n) is 4.74. The molecule has 0 aromatic heterocycles. The van der Waals surface area contributed by atoms with E-state index in [9.17, 15) is 17.3 Å². The van der Waals surface area contributed by atoms with Gasteiger partial charge < -0.3 is 31.2 Å². The highest BCUT2D eigenvalue weighted by molar-refractivity contribution is 6.50. The molecule has 0 radical (unpaired) electrons. The van der Waals surface area contributed by atoms with Crippen molar-refractivity contribution < 1.29 is 31.2 Å². The molecule has 2 unspecified atom stereocenters. The van der Waals surface area contributed by atoms with Gasteiger partial charge in [-0.1, -0.05) is 0 Å². The van der Waals surface area contributed by atoms with Crippen LogP contribution in [0.4, 0.5) is 17.3 Å². The Bertz CT molecular complexity index is 178. The number of ether oxygens (including phenoxy) is 2. The number of methoxy groups -OCH3 is 1. The maximum absolute atomic E-state index is 9.75. The average molecular weight is 249 g/mol. The summed E-state index contributed by atoms with van der Waals surface area (Å²) in [5.41, 5.74) is 0. The van der Waals surface area contributed by atoms with Crippen LogP contribution in [-0.2, 0) is 9.47 Å². The number of quaternary nitrogens is 1. The highest BCUT2D eigenvalue weighted by Crippen LogP contribution is 2.07. The third kappa shape index (κ3) is 16.1. The molecule has 0 fully saturated rings. The fourth-order valence-electron chi connectivity index (χ4n) is 0.515. The molecule has 0 aromatic carbocycles. The summed E-state index contributed by atoms with van der Waals surface area (Å²) < 4.78 is 50.3. The molecule has 0 N–H and O–H groups in total. The second kappa shape index (κ2) is 7.08. The number of hydrogen-bond acceptors (Lipinski definition) is 2. The van der Waals surface area contributed by atoms with Crippen LogP contribution in [0, 0.1) is 0 Å². The van der Waals surface area contributed by atoms with Gasteiger partial charge in [0.25, 0.3) is 0 Å². The van der Waals surface area contributed by atoms with Gasteiger partial charge in [-0.05, 0) is 6.92 Å². The van der Waals surface area contributed by atoms with Crippen LogP contribution in [-0.4, -0.2) is 52.5 Å². The smallest absolute Gasteiger partial charge is 0.418 e. The standard InChI is InChI=1S/C8H20NO2.BF4/c1-7(9(3,4)5)11-8(2)10-6;2-1(3,4)5/h7-8H,1-6H3;/q+1;-1. The van der Waals surface area contributed by atoms with E-state index >= 15 is 0 Å². The molecule has 0 saturated carbocycles. The maximum Gasteiger partial charge on any atom is 0.673 e. The van der Waals surface area contributed by atoms with Gasteiger partial charge in [-0.2, -0.15) is 0 Å². The zero-order valence-corrected chi connectivity index (χ0v) is 10.5. The average Bonchev–Trinajstić information content (AvgIpc) is 1.99. The fourth-order valence-corrected chi connectivity index (χ4v) is 0.515. The van der Waals surface area contributed by atoms with Crippen LogP contribution in [0.5, 0.6) is 0 Å². The van der Waals surface area contributed by atoms with Crippen LogP contribution in [0.1, 0.15) is 13.8 Å². The van der Waals surface area contributed by atoms with Crippen molar-refractivity contribution in [3.05, 3.63) is 0 Å². The van der Waals surface area contributed by atoms with Crippen molar-refractivity contribution in [2.45, 2.75) is 26.4 Å². The van der Waals surface area contributed by atoms with E-state index in [4.69, 9.17) is 9.47 Å². The second-order valence-electron chi connectivity index (χ2n) is 4.15. The Hall–Kier alpha value is -0.335. The van der Waals surface area contributed by atoms with E-state index in [2.05, 4.69) is 21.1 Å². The first-order chi connectivity index (χ1) is 6.88. The molecule has 100 valence electrons. The Kier molecular flexibility index (Phi) is 7.98. The van der Waals surface area contributed by atoms with Gasteiger partial charge in [0.15, 0.2) is 12.5 Å². The van der Waals surface area contributed by atoms with E-state index in [0.717, 1.165) is 4.48 Å². The van der Waals surface area contributed by atoms with Gasteiger partial charge in [0.05, 0.1) is 21.1 Å². The molecule has 3 nitrogen and oxygen atoms in total. The van der Waals surface area contributed by atoms with Crippen molar-refractivity contribution in [3.63, 3.8) is 0 Å². The zero-order chi connectivity index (χ0) is 13.6. The van der Waals surface area contributed by atoms with Crippen LogP contribution >= 0.6 is 0 Å². The highest BCUT2D eigenvalue weighted by Gasteiger charge is 2.21. The Labute approximate surface area is 94.0 Å². The van der Waals surface area contributed by atoms with Gasteiger partial charge in [-0.15, -0.1) is 0 Å². The molecule has 0 amide bonds. The molecule has 8 heteroatoms. The summed E-state index contributed by atoms with van der Waals surface area (Å²) in [4.78, 5) is 0. The summed E-state index contributed by atoms with van der Waals surface area (Å²) in [6.07, 6.45) is 0.0345. The minimum Gasteiger partial charge on any atom is -0.418 e. The Morgan fingerprint density at radius 3 is 1.50 bits per heavy atom. The third-order valence-electron chi connectivity index (χ3n) is 1.81.